The Balaban J connectivity index is 2.06. The van der Waals surface area contributed by atoms with Gasteiger partial charge < -0.3 is 0 Å². The van der Waals surface area contributed by atoms with Crippen LogP contribution in [0.15, 0.2) is 84.5 Å². The molecule has 5 rings (SSSR count). The summed E-state index contributed by atoms with van der Waals surface area (Å²) in [6, 6.07) is 13.6. The maximum Gasteiger partial charge on any atom is 0.142 e. The topological polar surface area (TPSA) is 17.3 Å². The molecule has 1 aliphatic rings. The quantitative estimate of drug-likeness (QED) is 0.171. The van der Waals surface area contributed by atoms with Crippen LogP contribution in [0, 0.1) is 33.1 Å². The third-order valence-electron chi connectivity index (χ3n) is 9.12. The summed E-state index contributed by atoms with van der Waals surface area (Å²) in [5.74, 6) is 0.272. The molecule has 0 saturated carbocycles. The highest BCUT2D eigenvalue weighted by molar-refractivity contribution is 6.03. The number of rotatable bonds is 6. The number of fused-ring (bicyclic) bond motifs is 6. The van der Waals surface area contributed by atoms with Gasteiger partial charge in [-0.3, -0.25) is 4.40 Å². The molecule has 1 atom stereocenters. The Morgan fingerprint density at radius 2 is 1.67 bits per heavy atom. The highest BCUT2D eigenvalue weighted by Gasteiger charge is 2.37. The van der Waals surface area contributed by atoms with Gasteiger partial charge in [0, 0.05) is 22.4 Å². The van der Waals surface area contributed by atoms with Gasteiger partial charge in [-0.15, -0.1) is 0 Å². The Morgan fingerprint density at radius 3 is 2.29 bits per heavy atom. The van der Waals surface area contributed by atoms with E-state index in [-0.39, 0.29) is 11.3 Å². The number of pyridine rings is 1. The SMILES string of the molecule is C=C(C)/C(=C(C)\C=C/C)c1c(C)nc2c3c(c4ccc(C)cc4n12)C(c1c(C)cccc1C)=CCC3C(C)(C)C=CC. The Labute approximate surface area is 252 Å². The molecule has 0 spiro atoms. The monoisotopic (exact) mass is 554 g/mol. The van der Waals surface area contributed by atoms with E-state index in [9.17, 15) is 0 Å². The van der Waals surface area contributed by atoms with Crippen molar-refractivity contribution in [1.82, 2.24) is 9.38 Å². The van der Waals surface area contributed by atoms with Crippen molar-refractivity contribution in [3.63, 3.8) is 0 Å². The van der Waals surface area contributed by atoms with Crippen LogP contribution in [0.4, 0.5) is 0 Å². The largest absolute Gasteiger partial charge is 0.292 e. The number of hydrogen-bond acceptors (Lipinski definition) is 1. The normalized spacial score (nSPS) is 16.4. The number of aryl methyl sites for hydroxylation is 4. The zero-order valence-electron chi connectivity index (χ0n) is 27.2. The van der Waals surface area contributed by atoms with Crippen LogP contribution in [-0.2, 0) is 0 Å². The number of aromatic nitrogens is 2. The van der Waals surface area contributed by atoms with Gasteiger partial charge in [-0.25, -0.2) is 4.98 Å². The third-order valence-corrected chi connectivity index (χ3v) is 9.12. The molecule has 2 aromatic heterocycles. The number of hydrogen-bond donors (Lipinski definition) is 0. The van der Waals surface area contributed by atoms with Crippen molar-refractivity contribution in [2.45, 2.75) is 81.6 Å². The Bertz CT molecular complexity index is 1840. The average Bonchev–Trinajstić information content (AvgIpc) is 3.25. The van der Waals surface area contributed by atoms with Gasteiger partial charge in [0.2, 0.25) is 0 Å². The maximum absolute atomic E-state index is 5.46. The maximum atomic E-state index is 5.46. The van der Waals surface area contributed by atoms with Crippen molar-refractivity contribution in [1.29, 1.82) is 0 Å². The number of allylic oxidation sites excluding steroid dienone is 8. The standard InChI is InChI=1S/C40H46N2/c1-12-15-26(6)34(24(3)4)38-29(9)41-39-37-32(40(10,11)22-13-2)21-20-31(35-27(7)16-14-17-28(35)8)36(37)30-19-18-25(5)23-33(30)42(38)39/h12-20,22-23,32H,3,21H2,1-2,4-11H3/b15-12-,22-13?,34-26+. The van der Waals surface area contributed by atoms with Gasteiger partial charge in [0.15, 0.2) is 0 Å². The summed E-state index contributed by atoms with van der Waals surface area (Å²) in [6.45, 7) is 26.6. The second-order valence-corrected chi connectivity index (χ2v) is 12.8. The second-order valence-electron chi connectivity index (χ2n) is 12.8. The molecule has 0 N–H and O–H groups in total. The average molecular weight is 555 g/mol. The fraction of sp³-hybridized carbons (Fsp3) is 0.325. The molecule has 1 aliphatic carbocycles. The summed E-state index contributed by atoms with van der Waals surface area (Å²) >= 11 is 0. The number of imidazole rings is 1. The molecule has 4 aromatic rings. The van der Waals surface area contributed by atoms with Crippen molar-refractivity contribution in [2.24, 2.45) is 5.41 Å². The van der Waals surface area contributed by atoms with Crippen LogP contribution < -0.4 is 0 Å². The molecule has 0 radical (unpaired) electrons. The lowest BCUT2D eigenvalue weighted by molar-refractivity contribution is 0.372. The highest BCUT2D eigenvalue weighted by atomic mass is 15.0. The highest BCUT2D eigenvalue weighted by Crippen LogP contribution is 2.52. The van der Waals surface area contributed by atoms with Gasteiger partial charge in [0.1, 0.15) is 5.65 Å². The van der Waals surface area contributed by atoms with Crippen LogP contribution in [0.3, 0.4) is 0 Å². The van der Waals surface area contributed by atoms with E-state index in [2.05, 4.69) is 147 Å². The first-order valence-electron chi connectivity index (χ1n) is 15.3. The zero-order valence-corrected chi connectivity index (χ0v) is 27.2. The van der Waals surface area contributed by atoms with Crippen molar-refractivity contribution < 1.29 is 0 Å². The van der Waals surface area contributed by atoms with Gasteiger partial charge >= 0.3 is 0 Å². The molecule has 1 unspecified atom stereocenters. The van der Waals surface area contributed by atoms with Crippen LogP contribution in [-0.4, -0.2) is 9.38 Å². The molecule has 216 valence electrons. The molecular weight excluding hydrogens is 508 g/mol. The Morgan fingerprint density at radius 1 is 0.976 bits per heavy atom. The van der Waals surface area contributed by atoms with E-state index in [0.29, 0.717) is 0 Å². The van der Waals surface area contributed by atoms with E-state index in [4.69, 9.17) is 4.98 Å². The first-order chi connectivity index (χ1) is 19.9. The molecule has 2 heterocycles. The summed E-state index contributed by atoms with van der Waals surface area (Å²) in [5.41, 5.74) is 17.1. The lowest BCUT2D eigenvalue weighted by atomic mass is 9.67. The summed E-state index contributed by atoms with van der Waals surface area (Å²) in [5, 5.41) is 1.28. The van der Waals surface area contributed by atoms with Crippen molar-refractivity contribution in [3.05, 3.63) is 129 Å². The molecule has 2 heteroatoms. The van der Waals surface area contributed by atoms with Crippen LogP contribution in [0.25, 0.3) is 27.7 Å². The van der Waals surface area contributed by atoms with E-state index in [1.807, 2.05) is 0 Å². The lowest BCUT2D eigenvalue weighted by Crippen LogP contribution is -2.24. The molecule has 2 aromatic carbocycles. The molecular formula is C40H46N2. The number of benzene rings is 2. The van der Waals surface area contributed by atoms with Crippen LogP contribution in [0.2, 0.25) is 0 Å². The first-order valence-corrected chi connectivity index (χ1v) is 15.3. The van der Waals surface area contributed by atoms with E-state index < -0.39 is 0 Å². The van der Waals surface area contributed by atoms with Gasteiger partial charge in [-0.05, 0) is 118 Å². The van der Waals surface area contributed by atoms with Crippen molar-refractivity contribution >= 4 is 27.7 Å². The summed E-state index contributed by atoms with van der Waals surface area (Å²) < 4.78 is 2.46. The Kier molecular flexibility index (Phi) is 7.79. The summed E-state index contributed by atoms with van der Waals surface area (Å²) in [6.07, 6.45) is 12.3. The predicted molar refractivity (Wildman–Crippen MR) is 183 cm³/mol. The van der Waals surface area contributed by atoms with Gasteiger partial charge in [-0.1, -0.05) is 81.1 Å². The van der Waals surface area contributed by atoms with E-state index in [1.54, 1.807) is 0 Å². The molecule has 0 fully saturated rings. The van der Waals surface area contributed by atoms with E-state index >= 15 is 0 Å². The molecule has 0 aliphatic heterocycles. The van der Waals surface area contributed by atoms with Crippen LogP contribution in [0.1, 0.15) is 98.6 Å². The van der Waals surface area contributed by atoms with Crippen molar-refractivity contribution in [2.75, 3.05) is 0 Å². The second kappa shape index (κ2) is 11.1. The minimum atomic E-state index is -0.0565. The molecule has 0 bridgehead atoms. The smallest absolute Gasteiger partial charge is 0.142 e. The lowest BCUT2D eigenvalue weighted by Gasteiger charge is -2.37. The van der Waals surface area contributed by atoms with E-state index in [0.717, 1.165) is 29.0 Å². The Hall–Kier alpha value is -3.91. The molecule has 2 nitrogen and oxygen atoms in total. The molecule has 0 amide bonds. The predicted octanol–water partition coefficient (Wildman–Crippen LogP) is 11.2. The number of nitrogens with zero attached hydrogens (tertiary/aromatic N) is 2. The van der Waals surface area contributed by atoms with Gasteiger partial charge in [-0.2, -0.15) is 0 Å². The molecule has 42 heavy (non-hydrogen) atoms. The fourth-order valence-electron chi connectivity index (χ4n) is 7.35. The third kappa shape index (κ3) is 4.71. The zero-order chi connectivity index (χ0) is 30.5. The van der Waals surface area contributed by atoms with Gasteiger partial charge in [0.05, 0.1) is 16.9 Å². The van der Waals surface area contributed by atoms with Crippen molar-refractivity contribution in [3.8, 4) is 0 Å². The van der Waals surface area contributed by atoms with E-state index in [1.165, 1.54) is 61.0 Å². The van der Waals surface area contributed by atoms with Crippen LogP contribution in [0.5, 0.6) is 0 Å². The fourth-order valence-corrected chi connectivity index (χ4v) is 7.35. The minimum absolute atomic E-state index is 0.0565. The summed E-state index contributed by atoms with van der Waals surface area (Å²) in [4.78, 5) is 5.46. The van der Waals surface area contributed by atoms with Gasteiger partial charge in [0.25, 0.3) is 0 Å². The van der Waals surface area contributed by atoms with Crippen LogP contribution >= 0.6 is 0 Å². The molecule has 0 saturated heterocycles. The first kappa shape index (κ1) is 29.6. The summed E-state index contributed by atoms with van der Waals surface area (Å²) in [7, 11) is 0. The minimum Gasteiger partial charge on any atom is -0.292 e.